The summed E-state index contributed by atoms with van der Waals surface area (Å²) in [6.07, 6.45) is 0.830. The van der Waals surface area contributed by atoms with Gasteiger partial charge in [-0.2, -0.15) is 0 Å². The fourth-order valence-corrected chi connectivity index (χ4v) is 5.35. The van der Waals surface area contributed by atoms with Crippen molar-refractivity contribution in [1.29, 1.82) is 0 Å². The van der Waals surface area contributed by atoms with Crippen LogP contribution in [0.3, 0.4) is 0 Å². The van der Waals surface area contributed by atoms with E-state index in [1.807, 2.05) is 17.8 Å². The van der Waals surface area contributed by atoms with Crippen LogP contribution < -0.4 is 0 Å². The maximum atomic E-state index is 6.34. The molecule has 3 aromatic rings. The van der Waals surface area contributed by atoms with Gasteiger partial charge in [0.25, 0.3) is 0 Å². The number of halogens is 1. The maximum Gasteiger partial charge on any atom is 0.151 e. The molecule has 0 bridgehead atoms. The Morgan fingerprint density at radius 1 is 1.07 bits per heavy atom. The van der Waals surface area contributed by atoms with Crippen LogP contribution in [0.4, 0.5) is 0 Å². The first-order valence-electron chi connectivity index (χ1n) is 9.53. The molecule has 1 unspecified atom stereocenters. The Morgan fingerprint density at radius 2 is 1.89 bits per heavy atom. The zero-order valence-corrected chi connectivity index (χ0v) is 17.0. The van der Waals surface area contributed by atoms with Crippen LogP contribution in [0, 0.1) is 0 Å². The SMILES string of the molecule is Clc1ccc2c(c1)SC(c1ccccc1)Cc1nnc(CN3CCOCC3)n1-2. The molecule has 2 aromatic carbocycles. The molecule has 5 rings (SSSR count). The Bertz CT molecular complexity index is 972. The van der Waals surface area contributed by atoms with Gasteiger partial charge in [0, 0.05) is 34.7 Å². The fourth-order valence-electron chi connectivity index (χ4n) is 3.81. The first-order chi connectivity index (χ1) is 13.8. The number of rotatable bonds is 3. The summed E-state index contributed by atoms with van der Waals surface area (Å²) in [5.41, 5.74) is 2.42. The molecule has 0 radical (unpaired) electrons. The van der Waals surface area contributed by atoms with Gasteiger partial charge in [-0.05, 0) is 23.8 Å². The number of ether oxygens (including phenoxy) is 1. The Kier molecular flexibility index (Phi) is 5.11. The summed E-state index contributed by atoms with van der Waals surface area (Å²) in [7, 11) is 0. The van der Waals surface area contributed by atoms with E-state index in [2.05, 4.69) is 62.1 Å². The lowest BCUT2D eigenvalue weighted by Gasteiger charge is -2.26. The maximum absolute atomic E-state index is 6.34. The highest BCUT2D eigenvalue weighted by atomic mass is 35.5. The third-order valence-electron chi connectivity index (χ3n) is 5.24. The van der Waals surface area contributed by atoms with Gasteiger partial charge in [-0.3, -0.25) is 9.47 Å². The summed E-state index contributed by atoms with van der Waals surface area (Å²) >= 11 is 8.20. The van der Waals surface area contributed by atoms with Gasteiger partial charge in [-0.25, -0.2) is 0 Å². The van der Waals surface area contributed by atoms with Gasteiger partial charge < -0.3 is 4.74 Å². The lowest BCUT2D eigenvalue weighted by atomic mass is 10.1. The van der Waals surface area contributed by atoms with Crippen molar-refractivity contribution >= 4 is 23.4 Å². The molecule has 0 aliphatic carbocycles. The molecular weight excluding hydrogens is 392 g/mol. The van der Waals surface area contributed by atoms with E-state index in [1.54, 1.807) is 0 Å². The second kappa shape index (κ2) is 7.87. The third kappa shape index (κ3) is 3.57. The van der Waals surface area contributed by atoms with Crippen molar-refractivity contribution in [2.45, 2.75) is 23.1 Å². The molecule has 5 nitrogen and oxygen atoms in total. The fraction of sp³-hybridized carbons (Fsp3) is 0.333. The number of fused-ring (bicyclic) bond motifs is 3. The van der Waals surface area contributed by atoms with E-state index < -0.39 is 0 Å². The van der Waals surface area contributed by atoms with Crippen LogP contribution in [-0.4, -0.2) is 46.0 Å². The van der Waals surface area contributed by atoms with Gasteiger partial charge in [-0.1, -0.05) is 41.9 Å². The minimum absolute atomic E-state index is 0.278. The highest BCUT2D eigenvalue weighted by Crippen LogP contribution is 2.44. The van der Waals surface area contributed by atoms with E-state index in [0.717, 1.165) is 61.6 Å². The Balaban J connectivity index is 1.56. The molecule has 7 heteroatoms. The van der Waals surface area contributed by atoms with Crippen LogP contribution in [0.2, 0.25) is 5.02 Å². The van der Waals surface area contributed by atoms with Gasteiger partial charge in [0.15, 0.2) is 5.82 Å². The smallest absolute Gasteiger partial charge is 0.151 e. The van der Waals surface area contributed by atoms with E-state index in [1.165, 1.54) is 10.5 Å². The predicted octanol–water partition coefficient (Wildman–Crippen LogP) is 4.14. The van der Waals surface area contributed by atoms with Gasteiger partial charge in [0.1, 0.15) is 5.82 Å². The molecule has 2 aliphatic rings. The van der Waals surface area contributed by atoms with E-state index in [0.29, 0.717) is 0 Å². The van der Waals surface area contributed by atoms with Gasteiger partial charge >= 0.3 is 0 Å². The molecule has 144 valence electrons. The first-order valence-corrected chi connectivity index (χ1v) is 10.8. The van der Waals surface area contributed by atoms with E-state index in [4.69, 9.17) is 16.3 Å². The summed E-state index contributed by atoms with van der Waals surface area (Å²) in [6.45, 7) is 4.19. The zero-order chi connectivity index (χ0) is 18.9. The van der Waals surface area contributed by atoms with Crippen LogP contribution in [0.1, 0.15) is 22.5 Å². The van der Waals surface area contributed by atoms with Gasteiger partial charge in [0.05, 0.1) is 25.4 Å². The molecule has 1 aromatic heterocycles. The second-order valence-electron chi connectivity index (χ2n) is 7.09. The highest BCUT2D eigenvalue weighted by molar-refractivity contribution is 7.99. The molecule has 28 heavy (non-hydrogen) atoms. The Morgan fingerprint density at radius 3 is 2.71 bits per heavy atom. The van der Waals surface area contributed by atoms with Crippen molar-refractivity contribution in [3.05, 3.63) is 70.8 Å². The minimum atomic E-state index is 0.278. The van der Waals surface area contributed by atoms with E-state index in [-0.39, 0.29) is 5.25 Å². The van der Waals surface area contributed by atoms with Crippen LogP contribution in [-0.2, 0) is 17.7 Å². The van der Waals surface area contributed by atoms with Crippen molar-refractivity contribution in [3.63, 3.8) is 0 Å². The molecule has 2 aliphatic heterocycles. The van der Waals surface area contributed by atoms with E-state index >= 15 is 0 Å². The van der Waals surface area contributed by atoms with Crippen LogP contribution in [0.15, 0.2) is 53.4 Å². The Hall–Kier alpha value is -1.86. The molecule has 1 fully saturated rings. The van der Waals surface area contributed by atoms with Gasteiger partial charge in [-0.15, -0.1) is 22.0 Å². The quantitative estimate of drug-likeness (QED) is 0.646. The molecule has 0 spiro atoms. The average molecular weight is 413 g/mol. The normalized spacial score (nSPS) is 19.7. The van der Waals surface area contributed by atoms with Crippen molar-refractivity contribution in [2.24, 2.45) is 0 Å². The van der Waals surface area contributed by atoms with Crippen LogP contribution >= 0.6 is 23.4 Å². The van der Waals surface area contributed by atoms with Crippen LogP contribution in [0.5, 0.6) is 0 Å². The first kappa shape index (κ1) is 18.2. The second-order valence-corrected chi connectivity index (χ2v) is 8.77. The minimum Gasteiger partial charge on any atom is -0.379 e. The molecule has 0 N–H and O–H groups in total. The molecule has 0 amide bonds. The van der Waals surface area contributed by atoms with Crippen molar-refractivity contribution in [3.8, 4) is 5.69 Å². The topological polar surface area (TPSA) is 43.2 Å². The number of aromatic nitrogens is 3. The summed E-state index contributed by atoms with van der Waals surface area (Å²) in [4.78, 5) is 3.55. The lowest BCUT2D eigenvalue weighted by molar-refractivity contribution is 0.0328. The molecule has 1 atom stereocenters. The standard InChI is InChI=1S/C21H21ClN4OS/c22-16-6-7-17-19(12-16)28-18(15-4-2-1-3-5-15)13-20-23-24-21(26(17)20)14-25-8-10-27-11-9-25/h1-7,12,18H,8-11,13-14H2. The number of nitrogens with zero attached hydrogens (tertiary/aromatic N) is 4. The average Bonchev–Trinajstić information content (AvgIpc) is 3.03. The summed E-state index contributed by atoms with van der Waals surface area (Å²) in [5, 5.41) is 10.2. The zero-order valence-electron chi connectivity index (χ0n) is 15.4. The number of hydrogen-bond donors (Lipinski definition) is 0. The van der Waals surface area contributed by atoms with Crippen LogP contribution in [0.25, 0.3) is 5.69 Å². The summed E-state index contributed by atoms with van der Waals surface area (Å²) in [6, 6.07) is 16.7. The van der Waals surface area contributed by atoms with Crippen molar-refractivity contribution in [2.75, 3.05) is 26.3 Å². The largest absolute Gasteiger partial charge is 0.379 e. The lowest BCUT2D eigenvalue weighted by Crippen LogP contribution is -2.36. The molecular formula is C21H21ClN4OS. The monoisotopic (exact) mass is 412 g/mol. The highest BCUT2D eigenvalue weighted by Gasteiger charge is 2.27. The molecule has 1 saturated heterocycles. The van der Waals surface area contributed by atoms with Gasteiger partial charge in [0.2, 0.25) is 0 Å². The Labute approximate surface area is 173 Å². The summed E-state index contributed by atoms with van der Waals surface area (Å²) < 4.78 is 7.71. The number of morpholine rings is 1. The third-order valence-corrected chi connectivity index (χ3v) is 6.78. The number of hydrogen-bond acceptors (Lipinski definition) is 5. The van der Waals surface area contributed by atoms with Crippen molar-refractivity contribution in [1.82, 2.24) is 19.7 Å². The van der Waals surface area contributed by atoms with E-state index in [9.17, 15) is 0 Å². The molecule has 3 heterocycles. The molecule has 0 saturated carbocycles. The summed E-state index contributed by atoms with van der Waals surface area (Å²) in [5.74, 6) is 1.99. The number of thioether (sulfide) groups is 1. The number of benzene rings is 2. The predicted molar refractivity (Wildman–Crippen MR) is 111 cm³/mol. The van der Waals surface area contributed by atoms with Crippen molar-refractivity contribution < 1.29 is 4.74 Å².